The van der Waals surface area contributed by atoms with E-state index in [1.165, 1.54) is 11.3 Å². The molecule has 0 saturated carbocycles. The van der Waals surface area contributed by atoms with Crippen LogP contribution in [0, 0.1) is 13.8 Å². The highest BCUT2D eigenvalue weighted by Gasteiger charge is 2.15. The molecule has 6 heteroatoms. The van der Waals surface area contributed by atoms with Crippen molar-refractivity contribution < 1.29 is 9.32 Å². The number of thiophene rings is 1. The number of nitrogen functional groups attached to an aromatic ring is 1. The molecule has 0 spiro atoms. The van der Waals surface area contributed by atoms with Crippen molar-refractivity contribution in [2.24, 2.45) is 0 Å². The Bertz CT molecular complexity index is 530. The Morgan fingerprint density at radius 2 is 2.31 bits per heavy atom. The third-order valence-corrected chi connectivity index (χ3v) is 3.22. The lowest BCUT2D eigenvalue weighted by molar-refractivity contribution is 0.102. The normalized spacial score (nSPS) is 10.4. The summed E-state index contributed by atoms with van der Waals surface area (Å²) in [6.45, 7) is 3.65. The SMILES string of the molecule is Cc1noc(NC(=O)c2sccc2N)c1C. The van der Waals surface area contributed by atoms with Crippen molar-refractivity contribution in [2.45, 2.75) is 13.8 Å². The third kappa shape index (κ3) is 1.79. The molecular formula is C10H11N3O2S. The first kappa shape index (κ1) is 10.7. The summed E-state index contributed by atoms with van der Waals surface area (Å²) in [5, 5.41) is 8.16. The van der Waals surface area contributed by atoms with Gasteiger partial charge in [0.25, 0.3) is 5.91 Å². The molecule has 84 valence electrons. The second-order valence-corrected chi connectivity index (χ2v) is 4.30. The van der Waals surface area contributed by atoms with Gasteiger partial charge in [-0.2, -0.15) is 0 Å². The van der Waals surface area contributed by atoms with Crippen molar-refractivity contribution in [3.05, 3.63) is 27.6 Å². The Morgan fingerprint density at radius 1 is 1.56 bits per heavy atom. The molecule has 0 unspecified atom stereocenters. The summed E-state index contributed by atoms with van der Waals surface area (Å²) in [5.74, 6) is 0.0991. The van der Waals surface area contributed by atoms with Gasteiger partial charge in [0.05, 0.1) is 11.4 Å². The van der Waals surface area contributed by atoms with E-state index in [9.17, 15) is 4.79 Å². The minimum absolute atomic E-state index is 0.272. The van der Waals surface area contributed by atoms with Crippen molar-refractivity contribution in [1.82, 2.24) is 5.16 Å². The number of aryl methyl sites for hydroxylation is 1. The van der Waals surface area contributed by atoms with Crippen LogP contribution in [0.25, 0.3) is 0 Å². The van der Waals surface area contributed by atoms with Crippen LogP contribution in [0.3, 0.4) is 0 Å². The number of carbonyl (C=O) groups excluding carboxylic acids is 1. The number of anilines is 2. The zero-order valence-electron chi connectivity index (χ0n) is 8.90. The second-order valence-electron chi connectivity index (χ2n) is 3.38. The van der Waals surface area contributed by atoms with Crippen LogP contribution in [0.5, 0.6) is 0 Å². The van der Waals surface area contributed by atoms with Crippen molar-refractivity contribution in [1.29, 1.82) is 0 Å². The fourth-order valence-electron chi connectivity index (χ4n) is 1.20. The molecule has 0 fully saturated rings. The molecular weight excluding hydrogens is 226 g/mol. The Morgan fingerprint density at radius 3 is 2.81 bits per heavy atom. The lowest BCUT2D eigenvalue weighted by Crippen LogP contribution is -2.12. The van der Waals surface area contributed by atoms with E-state index in [2.05, 4.69) is 10.5 Å². The standard InChI is InChI=1S/C10H11N3O2S/c1-5-6(2)13-15-10(5)12-9(14)8-7(11)3-4-16-8/h3-4H,11H2,1-2H3,(H,12,14). The van der Waals surface area contributed by atoms with Crippen LogP contribution in [0.1, 0.15) is 20.9 Å². The smallest absolute Gasteiger partial charge is 0.270 e. The topological polar surface area (TPSA) is 81.2 Å². The van der Waals surface area contributed by atoms with E-state index in [1.54, 1.807) is 11.4 Å². The molecule has 2 rings (SSSR count). The number of hydrogen-bond acceptors (Lipinski definition) is 5. The molecule has 2 heterocycles. The number of aromatic nitrogens is 1. The maximum Gasteiger partial charge on any atom is 0.270 e. The van der Waals surface area contributed by atoms with Crippen LogP contribution >= 0.6 is 11.3 Å². The molecule has 3 N–H and O–H groups in total. The maximum absolute atomic E-state index is 11.8. The van der Waals surface area contributed by atoms with Gasteiger partial charge in [-0.15, -0.1) is 11.3 Å². The summed E-state index contributed by atoms with van der Waals surface area (Å²) >= 11 is 1.29. The number of amides is 1. The van der Waals surface area contributed by atoms with Crippen molar-refractivity contribution in [2.75, 3.05) is 11.1 Å². The third-order valence-electron chi connectivity index (χ3n) is 2.29. The number of nitrogens with zero attached hydrogens (tertiary/aromatic N) is 1. The quantitative estimate of drug-likeness (QED) is 0.838. The molecule has 0 aliphatic rings. The van der Waals surface area contributed by atoms with Gasteiger partial charge >= 0.3 is 0 Å². The second kappa shape index (κ2) is 3.97. The van der Waals surface area contributed by atoms with Gasteiger partial charge in [-0.05, 0) is 25.3 Å². The van der Waals surface area contributed by atoms with Gasteiger partial charge in [0, 0.05) is 5.56 Å². The van der Waals surface area contributed by atoms with Crippen LogP contribution in [-0.2, 0) is 0 Å². The van der Waals surface area contributed by atoms with Gasteiger partial charge in [-0.1, -0.05) is 5.16 Å². The Balaban J connectivity index is 2.20. The van der Waals surface area contributed by atoms with E-state index in [-0.39, 0.29) is 5.91 Å². The molecule has 0 aromatic carbocycles. The highest BCUT2D eigenvalue weighted by molar-refractivity contribution is 7.12. The van der Waals surface area contributed by atoms with Gasteiger partial charge in [0.2, 0.25) is 5.88 Å². The monoisotopic (exact) mass is 237 g/mol. The largest absolute Gasteiger partial charge is 0.397 e. The van der Waals surface area contributed by atoms with E-state index in [1.807, 2.05) is 13.8 Å². The summed E-state index contributed by atoms with van der Waals surface area (Å²) in [7, 11) is 0. The van der Waals surface area contributed by atoms with E-state index >= 15 is 0 Å². The summed E-state index contributed by atoms with van der Waals surface area (Å²) in [4.78, 5) is 12.3. The van der Waals surface area contributed by atoms with Crippen LogP contribution in [0.15, 0.2) is 16.0 Å². The van der Waals surface area contributed by atoms with Gasteiger partial charge in [0.1, 0.15) is 4.88 Å². The molecule has 0 aliphatic heterocycles. The molecule has 1 amide bonds. The molecule has 2 aromatic rings. The van der Waals surface area contributed by atoms with Gasteiger partial charge in [-0.3, -0.25) is 10.1 Å². The van der Waals surface area contributed by atoms with Crippen molar-refractivity contribution in [3.8, 4) is 0 Å². The average molecular weight is 237 g/mol. The van der Waals surface area contributed by atoms with Gasteiger partial charge in [-0.25, -0.2) is 0 Å². The number of hydrogen-bond donors (Lipinski definition) is 2. The lowest BCUT2D eigenvalue weighted by Gasteiger charge is -2.00. The minimum Gasteiger partial charge on any atom is -0.397 e. The average Bonchev–Trinajstić information content (AvgIpc) is 2.79. The van der Waals surface area contributed by atoms with E-state index in [0.29, 0.717) is 16.4 Å². The first-order valence-corrected chi connectivity index (χ1v) is 5.54. The summed E-state index contributed by atoms with van der Waals surface area (Å²) in [6.07, 6.45) is 0. The van der Waals surface area contributed by atoms with Gasteiger partial charge in [0.15, 0.2) is 0 Å². The van der Waals surface area contributed by atoms with Crippen LogP contribution in [0.2, 0.25) is 0 Å². The molecule has 0 atom stereocenters. The molecule has 16 heavy (non-hydrogen) atoms. The van der Waals surface area contributed by atoms with Crippen LogP contribution in [0.4, 0.5) is 11.6 Å². The predicted octanol–water partition coefficient (Wildman–Crippen LogP) is 2.19. The van der Waals surface area contributed by atoms with Crippen molar-refractivity contribution in [3.63, 3.8) is 0 Å². The van der Waals surface area contributed by atoms with Crippen LogP contribution in [-0.4, -0.2) is 11.1 Å². The number of nitrogens with two attached hydrogens (primary N) is 1. The van der Waals surface area contributed by atoms with E-state index in [4.69, 9.17) is 10.3 Å². The van der Waals surface area contributed by atoms with Crippen LogP contribution < -0.4 is 11.1 Å². The lowest BCUT2D eigenvalue weighted by atomic mass is 10.3. The molecule has 0 radical (unpaired) electrons. The van der Waals surface area contributed by atoms with Gasteiger partial charge < -0.3 is 10.3 Å². The summed E-state index contributed by atoms with van der Waals surface area (Å²) in [5.41, 5.74) is 7.69. The first-order valence-electron chi connectivity index (χ1n) is 4.66. The summed E-state index contributed by atoms with van der Waals surface area (Å²) < 4.78 is 4.99. The molecule has 0 saturated heterocycles. The molecule has 0 bridgehead atoms. The first-order chi connectivity index (χ1) is 7.59. The Labute approximate surface area is 96.2 Å². The zero-order valence-corrected chi connectivity index (χ0v) is 9.72. The highest BCUT2D eigenvalue weighted by atomic mass is 32.1. The number of carbonyl (C=O) groups is 1. The zero-order chi connectivity index (χ0) is 11.7. The summed E-state index contributed by atoms with van der Waals surface area (Å²) in [6, 6.07) is 1.69. The fourth-order valence-corrected chi connectivity index (χ4v) is 1.91. The molecule has 2 aromatic heterocycles. The highest BCUT2D eigenvalue weighted by Crippen LogP contribution is 2.22. The number of rotatable bonds is 2. The van der Waals surface area contributed by atoms with Crippen molar-refractivity contribution >= 4 is 28.8 Å². The minimum atomic E-state index is -0.272. The number of nitrogens with one attached hydrogen (secondary N) is 1. The Kier molecular flexibility index (Phi) is 2.66. The fraction of sp³-hybridized carbons (Fsp3) is 0.200. The van der Waals surface area contributed by atoms with E-state index < -0.39 is 0 Å². The molecule has 5 nitrogen and oxygen atoms in total. The maximum atomic E-state index is 11.8. The van der Waals surface area contributed by atoms with E-state index in [0.717, 1.165) is 11.3 Å². The predicted molar refractivity (Wildman–Crippen MR) is 62.7 cm³/mol. The molecule has 0 aliphatic carbocycles. The Hall–Kier alpha value is -1.82.